The summed E-state index contributed by atoms with van der Waals surface area (Å²) in [7, 11) is 1.97. The van der Waals surface area contributed by atoms with E-state index in [0.29, 0.717) is 25.9 Å². The second kappa shape index (κ2) is 5.89. The molecule has 110 valence electrons. The first-order valence-electron chi connectivity index (χ1n) is 6.85. The van der Waals surface area contributed by atoms with Crippen LogP contribution in [0.3, 0.4) is 0 Å². The molecule has 0 spiro atoms. The summed E-state index contributed by atoms with van der Waals surface area (Å²) < 4.78 is 13.2. The molecule has 0 atom stereocenters. The van der Waals surface area contributed by atoms with Gasteiger partial charge in [0.1, 0.15) is 11.4 Å². The van der Waals surface area contributed by atoms with Crippen LogP contribution in [0, 0.1) is 12.7 Å². The first-order valence-corrected chi connectivity index (χ1v) is 6.85. The quantitative estimate of drug-likeness (QED) is 0.875. The highest BCUT2D eigenvalue weighted by molar-refractivity contribution is 5.85. The van der Waals surface area contributed by atoms with Gasteiger partial charge in [0.05, 0.1) is 0 Å². The lowest BCUT2D eigenvalue weighted by molar-refractivity contribution is -0.144. The molecule has 4 nitrogen and oxygen atoms in total. The Labute approximate surface area is 118 Å². The van der Waals surface area contributed by atoms with Crippen molar-refractivity contribution in [1.82, 2.24) is 10.2 Å². The first kappa shape index (κ1) is 14.9. The Morgan fingerprint density at radius 1 is 1.45 bits per heavy atom. The Morgan fingerprint density at radius 3 is 2.75 bits per heavy atom. The van der Waals surface area contributed by atoms with Gasteiger partial charge in [-0.15, -0.1) is 0 Å². The fourth-order valence-corrected chi connectivity index (χ4v) is 2.39. The van der Waals surface area contributed by atoms with Gasteiger partial charge in [-0.3, -0.25) is 4.79 Å². The molecule has 0 aromatic heterocycles. The Kier molecular flexibility index (Phi) is 4.40. The fourth-order valence-electron chi connectivity index (χ4n) is 2.39. The maximum absolute atomic E-state index is 13.2. The standard InChI is InChI=1S/C15H21FN2O2/c1-11-3-4-13(16)9-12(11)10-17-14(19)15(20)5-7-18(2)8-6-15/h3-4,9,20H,5-8,10H2,1-2H3,(H,17,19). The second-order valence-electron chi connectivity index (χ2n) is 5.59. The molecule has 0 bridgehead atoms. The van der Waals surface area contributed by atoms with Crippen molar-refractivity contribution in [2.75, 3.05) is 20.1 Å². The van der Waals surface area contributed by atoms with Gasteiger partial charge in [0, 0.05) is 19.6 Å². The van der Waals surface area contributed by atoms with Crippen molar-refractivity contribution in [3.05, 3.63) is 35.1 Å². The molecule has 1 heterocycles. The molecule has 5 heteroatoms. The van der Waals surface area contributed by atoms with Gasteiger partial charge in [0.25, 0.3) is 5.91 Å². The van der Waals surface area contributed by atoms with Gasteiger partial charge in [-0.2, -0.15) is 0 Å². The summed E-state index contributed by atoms with van der Waals surface area (Å²) in [5.41, 5.74) is 0.352. The third-order valence-corrected chi connectivity index (χ3v) is 3.99. The van der Waals surface area contributed by atoms with Gasteiger partial charge >= 0.3 is 0 Å². The number of hydrogen-bond donors (Lipinski definition) is 2. The zero-order chi connectivity index (χ0) is 14.8. The van der Waals surface area contributed by atoms with E-state index < -0.39 is 5.60 Å². The highest BCUT2D eigenvalue weighted by atomic mass is 19.1. The lowest BCUT2D eigenvalue weighted by Gasteiger charge is -2.35. The average molecular weight is 280 g/mol. The number of nitrogens with one attached hydrogen (secondary N) is 1. The number of hydrogen-bond acceptors (Lipinski definition) is 3. The summed E-state index contributed by atoms with van der Waals surface area (Å²) in [6.45, 7) is 3.50. The van der Waals surface area contributed by atoms with E-state index in [4.69, 9.17) is 0 Å². The van der Waals surface area contributed by atoms with Crippen molar-refractivity contribution in [2.45, 2.75) is 31.9 Å². The summed E-state index contributed by atoms with van der Waals surface area (Å²) in [6, 6.07) is 4.49. The number of benzene rings is 1. The van der Waals surface area contributed by atoms with Gasteiger partial charge in [-0.25, -0.2) is 4.39 Å². The molecule has 2 N–H and O–H groups in total. The minimum atomic E-state index is -1.30. The number of halogens is 1. The van der Waals surface area contributed by atoms with Gasteiger partial charge < -0.3 is 15.3 Å². The molecule has 1 fully saturated rings. The van der Waals surface area contributed by atoms with Crippen molar-refractivity contribution in [3.63, 3.8) is 0 Å². The topological polar surface area (TPSA) is 52.6 Å². The minimum Gasteiger partial charge on any atom is -0.380 e. The third-order valence-electron chi connectivity index (χ3n) is 3.99. The van der Waals surface area contributed by atoms with Crippen LogP contribution in [0.25, 0.3) is 0 Å². The van der Waals surface area contributed by atoms with Crippen molar-refractivity contribution < 1.29 is 14.3 Å². The summed E-state index contributed by atoms with van der Waals surface area (Å²) in [4.78, 5) is 14.2. The van der Waals surface area contributed by atoms with E-state index in [2.05, 4.69) is 10.2 Å². The predicted octanol–water partition coefficient (Wildman–Crippen LogP) is 1.21. The molecule has 1 aliphatic rings. The molecule has 0 aliphatic carbocycles. The monoisotopic (exact) mass is 280 g/mol. The lowest BCUT2D eigenvalue weighted by atomic mass is 9.90. The van der Waals surface area contributed by atoms with Crippen LogP contribution in [0.1, 0.15) is 24.0 Å². The number of aliphatic hydroxyl groups is 1. The van der Waals surface area contributed by atoms with Crippen LogP contribution < -0.4 is 5.32 Å². The summed E-state index contributed by atoms with van der Waals surface area (Å²) in [5, 5.41) is 13.1. The van der Waals surface area contributed by atoms with Crippen LogP contribution in [0.15, 0.2) is 18.2 Å². The van der Waals surface area contributed by atoms with E-state index in [-0.39, 0.29) is 18.3 Å². The SMILES string of the molecule is Cc1ccc(F)cc1CNC(=O)C1(O)CCN(C)CC1. The van der Waals surface area contributed by atoms with E-state index in [0.717, 1.165) is 11.1 Å². The van der Waals surface area contributed by atoms with Crippen molar-refractivity contribution in [3.8, 4) is 0 Å². The molecule has 1 saturated heterocycles. The Morgan fingerprint density at radius 2 is 2.10 bits per heavy atom. The van der Waals surface area contributed by atoms with Gasteiger partial charge in [-0.1, -0.05) is 6.07 Å². The van der Waals surface area contributed by atoms with Crippen LogP contribution in [-0.2, 0) is 11.3 Å². The van der Waals surface area contributed by atoms with E-state index in [9.17, 15) is 14.3 Å². The van der Waals surface area contributed by atoms with Crippen molar-refractivity contribution in [2.24, 2.45) is 0 Å². The number of rotatable bonds is 3. The number of nitrogens with zero attached hydrogens (tertiary/aromatic N) is 1. The van der Waals surface area contributed by atoms with Crippen LogP contribution in [0.4, 0.5) is 4.39 Å². The molecule has 0 unspecified atom stereocenters. The fraction of sp³-hybridized carbons (Fsp3) is 0.533. The van der Waals surface area contributed by atoms with Crippen LogP contribution in [0.5, 0.6) is 0 Å². The number of amides is 1. The largest absolute Gasteiger partial charge is 0.380 e. The molecule has 0 radical (unpaired) electrons. The average Bonchev–Trinajstić information content (AvgIpc) is 2.43. The maximum atomic E-state index is 13.2. The third kappa shape index (κ3) is 3.35. The molecular weight excluding hydrogens is 259 g/mol. The number of carbonyl (C=O) groups excluding carboxylic acids is 1. The van der Waals surface area contributed by atoms with Gasteiger partial charge in [-0.05, 0) is 50.1 Å². The summed E-state index contributed by atoms with van der Waals surface area (Å²) in [5.74, 6) is -0.688. The second-order valence-corrected chi connectivity index (χ2v) is 5.59. The molecule has 2 rings (SSSR count). The zero-order valence-corrected chi connectivity index (χ0v) is 11.9. The molecule has 1 amide bonds. The smallest absolute Gasteiger partial charge is 0.252 e. The van der Waals surface area contributed by atoms with E-state index in [1.165, 1.54) is 12.1 Å². The van der Waals surface area contributed by atoms with Crippen molar-refractivity contribution in [1.29, 1.82) is 0 Å². The van der Waals surface area contributed by atoms with E-state index >= 15 is 0 Å². The van der Waals surface area contributed by atoms with E-state index in [1.54, 1.807) is 6.07 Å². The molecule has 1 aliphatic heterocycles. The molecule has 1 aromatic carbocycles. The summed E-state index contributed by atoms with van der Waals surface area (Å²) >= 11 is 0. The Balaban J connectivity index is 1.96. The van der Waals surface area contributed by atoms with Crippen molar-refractivity contribution >= 4 is 5.91 Å². The molecular formula is C15H21FN2O2. The summed E-state index contributed by atoms with van der Waals surface area (Å²) in [6.07, 6.45) is 0.856. The highest BCUT2D eigenvalue weighted by Crippen LogP contribution is 2.21. The number of aryl methyl sites for hydroxylation is 1. The maximum Gasteiger partial charge on any atom is 0.252 e. The molecule has 1 aromatic rings. The number of carbonyl (C=O) groups is 1. The minimum absolute atomic E-state index is 0.237. The predicted molar refractivity (Wildman–Crippen MR) is 74.7 cm³/mol. The van der Waals surface area contributed by atoms with Crippen LogP contribution in [-0.4, -0.2) is 41.7 Å². The number of likely N-dealkylation sites (tertiary alicyclic amines) is 1. The number of piperidine rings is 1. The first-order chi connectivity index (χ1) is 9.40. The van der Waals surface area contributed by atoms with E-state index in [1.807, 2.05) is 14.0 Å². The zero-order valence-electron chi connectivity index (χ0n) is 11.9. The normalized spacial score (nSPS) is 18.8. The molecule has 20 heavy (non-hydrogen) atoms. The molecule has 0 saturated carbocycles. The Hall–Kier alpha value is -1.46. The van der Waals surface area contributed by atoms with Crippen LogP contribution in [0.2, 0.25) is 0 Å². The Bertz CT molecular complexity index is 497. The van der Waals surface area contributed by atoms with Gasteiger partial charge in [0.15, 0.2) is 0 Å². The highest BCUT2D eigenvalue weighted by Gasteiger charge is 2.38. The lowest BCUT2D eigenvalue weighted by Crippen LogP contribution is -2.52. The van der Waals surface area contributed by atoms with Crippen LogP contribution >= 0.6 is 0 Å². The van der Waals surface area contributed by atoms with Gasteiger partial charge in [0.2, 0.25) is 0 Å².